The van der Waals surface area contributed by atoms with Crippen LogP contribution < -0.4 is 10.2 Å². The van der Waals surface area contributed by atoms with Gasteiger partial charge in [0.05, 0.1) is 0 Å². The van der Waals surface area contributed by atoms with Gasteiger partial charge in [-0.2, -0.15) is 0 Å². The van der Waals surface area contributed by atoms with Crippen LogP contribution >= 0.6 is 24.0 Å². The van der Waals surface area contributed by atoms with Crippen molar-refractivity contribution in [2.75, 3.05) is 44.7 Å². The van der Waals surface area contributed by atoms with Crippen LogP contribution in [-0.4, -0.2) is 60.6 Å². The van der Waals surface area contributed by atoms with Crippen LogP contribution in [0.25, 0.3) is 0 Å². The van der Waals surface area contributed by atoms with Gasteiger partial charge in [0.1, 0.15) is 0 Å². The minimum absolute atomic E-state index is 0. The van der Waals surface area contributed by atoms with Gasteiger partial charge in [-0.25, -0.2) is 9.97 Å². The highest BCUT2D eigenvalue weighted by atomic mass is 127. The predicted molar refractivity (Wildman–Crippen MR) is 134 cm³/mol. The molecule has 30 heavy (non-hydrogen) atoms. The molecule has 1 aromatic carbocycles. The third kappa shape index (κ3) is 5.83. The summed E-state index contributed by atoms with van der Waals surface area (Å²) in [6.45, 7) is 4.76. The number of benzene rings is 1. The first-order chi connectivity index (χ1) is 14.3. The summed E-state index contributed by atoms with van der Waals surface area (Å²) >= 11 is 0. The van der Waals surface area contributed by atoms with E-state index in [0.29, 0.717) is 0 Å². The lowest BCUT2D eigenvalue weighted by molar-refractivity contribution is 0.315. The Balaban J connectivity index is 0.00000256. The summed E-state index contributed by atoms with van der Waals surface area (Å²) in [5, 5.41) is 3.64. The molecule has 0 bridgehead atoms. The first-order valence-corrected chi connectivity index (χ1v) is 10.9. The molecule has 0 radical (unpaired) electrons. The molecule has 6 nitrogen and oxygen atoms in total. The molecular formula is C23H33IN6. The number of piperazine rings is 1. The van der Waals surface area contributed by atoms with E-state index >= 15 is 0 Å². The lowest BCUT2D eigenvalue weighted by Gasteiger charge is -2.37. The number of hydrogen-bond donors (Lipinski definition) is 1. The number of aromatic nitrogens is 2. The molecule has 2 aliphatic rings. The Morgan fingerprint density at radius 1 is 0.967 bits per heavy atom. The molecule has 0 atom stereocenters. The van der Waals surface area contributed by atoms with Crippen molar-refractivity contribution in [3.63, 3.8) is 0 Å². The summed E-state index contributed by atoms with van der Waals surface area (Å²) in [5.41, 5.74) is 1.51. The molecule has 2 heterocycles. The smallest absolute Gasteiger partial charge is 0.225 e. The second kappa shape index (κ2) is 11.5. The molecule has 1 aliphatic heterocycles. The van der Waals surface area contributed by atoms with Crippen LogP contribution in [0.15, 0.2) is 53.8 Å². The van der Waals surface area contributed by atoms with Crippen molar-refractivity contribution in [1.29, 1.82) is 0 Å². The van der Waals surface area contributed by atoms with Gasteiger partial charge in [0.25, 0.3) is 0 Å². The highest BCUT2D eigenvalue weighted by molar-refractivity contribution is 14.0. The summed E-state index contributed by atoms with van der Waals surface area (Å²) in [5.74, 6) is 3.33. The molecule has 1 aromatic heterocycles. The van der Waals surface area contributed by atoms with E-state index in [1.165, 1.54) is 31.2 Å². The molecule has 1 aliphatic carbocycles. The second-order valence-corrected chi connectivity index (χ2v) is 8.08. The van der Waals surface area contributed by atoms with Gasteiger partial charge >= 0.3 is 0 Å². The van der Waals surface area contributed by atoms with Gasteiger partial charge in [0.2, 0.25) is 5.95 Å². The summed E-state index contributed by atoms with van der Waals surface area (Å²) in [4.78, 5) is 17.9. The minimum atomic E-state index is 0. The van der Waals surface area contributed by atoms with E-state index in [2.05, 4.69) is 60.4 Å². The molecular weight excluding hydrogens is 487 g/mol. The summed E-state index contributed by atoms with van der Waals surface area (Å²) in [6, 6.07) is 12.9. The normalized spacial score (nSPS) is 22.4. The van der Waals surface area contributed by atoms with Crippen molar-refractivity contribution in [2.45, 2.75) is 31.6 Å². The molecule has 2 fully saturated rings. The van der Waals surface area contributed by atoms with E-state index < -0.39 is 0 Å². The molecule has 1 N–H and O–H groups in total. The Kier molecular flexibility index (Phi) is 8.72. The van der Waals surface area contributed by atoms with Gasteiger partial charge in [0.15, 0.2) is 5.96 Å². The number of aliphatic imine (C=N–C) groups is 1. The largest absolute Gasteiger partial charge is 0.356 e. The van der Waals surface area contributed by atoms with Crippen molar-refractivity contribution in [3.05, 3.63) is 54.4 Å². The SMILES string of the molecule is CN=C(NCC1CCC(c2ccccc2)CC1)N1CCN(c2ncccn2)CC1.I. The zero-order valence-corrected chi connectivity index (χ0v) is 20.1. The van der Waals surface area contributed by atoms with Gasteiger partial charge in [-0.05, 0) is 49.1 Å². The van der Waals surface area contributed by atoms with Gasteiger partial charge in [-0.3, -0.25) is 4.99 Å². The van der Waals surface area contributed by atoms with Gasteiger partial charge < -0.3 is 15.1 Å². The molecule has 0 spiro atoms. The monoisotopic (exact) mass is 520 g/mol. The number of nitrogens with zero attached hydrogens (tertiary/aromatic N) is 5. The molecule has 0 amide bonds. The van der Waals surface area contributed by atoms with Gasteiger partial charge in [-0.1, -0.05) is 30.3 Å². The molecule has 4 rings (SSSR count). The standard InChI is InChI=1S/C23H32N6.HI/c1-24-22(28-14-16-29(17-15-28)23-25-12-5-13-26-23)27-18-19-8-10-21(11-9-19)20-6-3-2-4-7-20;/h2-7,12-13,19,21H,8-11,14-18H2,1H3,(H,24,27);1H. The van der Waals surface area contributed by atoms with Gasteiger partial charge in [-0.15, -0.1) is 24.0 Å². The Morgan fingerprint density at radius 2 is 1.63 bits per heavy atom. The average molecular weight is 520 g/mol. The zero-order valence-electron chi connectivity index (χ0n) is 17.8. The Hall–Kier alpha value is -1.90. The Labute approximate surface area is 197 Å². The van der Waals surface area contributed by atoms with Crippen LogP contribution in [0.1, 0.15) is 37.2 Å². The first-order valence-electron chi connectivity index (χ1n) is 10.9. The Morgan fingerprint density at radius 3 is 2.27 bits per heavy atom. The van der Waals surface area contributed by atoms with E-state index in [9.17, 15) is 0 Å². The zero-order chi connectivity index (χ0) is 19.9. The van der Waals surface area contributed by atoms with Crippen LogP contribution in [0.4, 0.5) is 5.95 Å². The summed E-state index contributed by atoms with van der Waals surface area (Å²) in [7, 11) is 1.89. The van der Waals surface area contributed by atoms with Crippen LogP contribution in [0, 0.1) is 5.92 Å². The molecule has 0 unspecified atom stereocenters. The lowest BCUT2D eigenvalue weighted by atomic mass is 9.79. The van der Waals surface area contributed by atoms with Crippen molar-refractivity contribution in [1.82, 2.24) is 20.2 Å². The number of nitrogens with one attached hydrogen (secondary N) is 1. The average Bonchev–Trinajstić information content (AvgIpc) is 2.81. The quantitative estimate of drug-likeness (QED) is 0.378. The molecule has 1 saturated heterocycles. The fraction of sp³-hybridized carbons (Fsp3) is 0.522. The maximum Gasteiger partial charge on any atom is 0.225 e. The van der Waals surface area contributed by atoms with Crippen molar-refractivity contribution < 1.29 is 0 Å². The lowest BCUT2D eigenvalue weighted by Crippen LogP contribution is -2.53. The predicted octanol–water partition coefficient (Wildman–Crippen LogP) is 3.77. The maximum atomic E-state index is 4.54. The topological polar surface area (TPSA) is 56.7 Å². The highest BCUT2D eigenvalue weighted by Crippen LogP contribution is 2.35. The van der Waals surface area contributed by atoms with E-state index in [-0.39, 0.29) is 24.0 Å². The van der Waals surface area contributed by atoms with E-state index in [1.54, 1.807) is 0 Å². The van der Waals surface area contributed by atoms with Crippen LogP contribution in [-0.2, 0) is 0 Å². The van der Waals surface area contributed by atoms with Crippen LogP contribution in [0.5, 0.6) is 0 Å². The fourth-order valence-electron chi connectivity index (χ4n) is 4.57. The second-order valence-electron chi connectivity index (χ2n) is 8.08. The number of hydrogen-bond acceptors (Lipinski definition) is 4. The third-order valence-electron chi connectivity index (χ3n) is 6.29. The van der Waals surface area contributed by atoms with Gasteiger partial charge in [0, 0.05) is 52.2 Å². The molecule has 2 aromatic rings. The number of anilines is 1. The van der Waals surface area contributed by atoms with Crippen LogP contribution in [0.2, 0.25) is 0 Å². The van der Waals surface area contributed by atoms with E-state index in [4.69, 9.17) is 0 Å². The molecule has 7 heteroatoms. The summed E-state index contributed by atoms with van der Waals surface area (Å²) in [6.07, 6.45) is 8.80. The number of guanidine groups is 1. The Bertz CT molecular complexity index is 769. The first kappa shape index (κ1) is 22.8. The van der Waals surface area contributed by atoms with Crippen molar-refractivity contribution >= 4 is 35.9 Å². The molecule has 162 valence electrons. The fourth-order valence-corrected chi connectivity index (χ4v) is 4.57. The van der Waals surface area contributed by atoms with Crippen LogP contribution in [0.3, 0.4) is 0 Å². The third-order valence-corrected chi connectivity index (χ3v) is 6.29. The van der Waals surface area contributed by atoms with Crippen molar-refractivity contribution in [3.8, 4) is 0 Å². The van der Waals surface area contributed by atoms with E-state index in [0.717, 1.165) is 56.5 Å². The molecule has 1 saturated carbocycles. The number of halogens is 1. The number of rotatable bonds is 4. The minimum Gasteiger partial charge on any atom is -0.356 e. The van der Waals surface area contributed by atoms with E-state index in [1.807, 2.05) is 25.5 Å². The highest BCUT2D eigenvalue weighted by Gasteiger charge is 2.24. The van der Waals surface area contributed by atoms with Crippen molar-refractivity contribution in [2.24, 2.45) is 10.9 Å². The summed E-state index contributed by atoms with van der Waals surface area (Å²) < 4.78 is 0. The maximum absolute atomic E-state index is 4.54.